The second-order valence-electron chi connectivity index (χ2n) is 4.40. The molecule has 1 N–H and O–H groups in total. The number of carbonyl (C=O) groups is 1. The number of hydrogen-bond donors (Lipinski definition) is 1. The van der Waals surface area contributed by atoms with Crippen molar-refractivity contribution in [1.29, 1.82) is 0 Å². The molecule has 0 bridgehead atoms. The van der Waals surface area contributed by atoms with Gasteiger partial charge in [0.1, 0.15) is 0 Å². The molecule has 0 aliphatic heterocycles. The van der Waals surface area contributed by atoms with Crippen LogP contribution in [0.25, 0.3) is 0 Å². The van der Waals surface area contributed by atoms with Gasteiger partial charge in [0.15, 0.2) is 5.16 Å². The van der Waals surface area contributed by atoms with Gasteiger partial charge in [-0.2, -0.15) is 0 Å². The lowest BCUT2D eigenvalue weighted by atomic mass is 10.3. The van der Waals surface area contributed by atoms with Crippen LogP contribution < -0.4 is 5.32 Å². The quantitative estimate of drug-likeness (QED) is 0.658. The van der Waals surface area contributed by atoms with Crippen molar-refractivity contribution < 1.29 is 4.79 Å². The number of nitrogens with one attached hydrogen (secondary N) is 1. The fraction of sp³-hybridized carbons (Fsp3) is 0.357. The van der Waals surface area contributed by atoms with E-state index in [2.05, 4.69) is 21.4 Å². The van der Waals surface area contributed by atoms with E-state index in [0.29, 0.717) is 17.5 Å². The van der Waals surface area contributed by atoms with E-state index in [9.17, 15) is 4.79 Å². The second-order valence-corrected chi connectivity index (χ2v) is 6.38. The van der Waals surface area contributed by atoms with Crippen molar-refractivity contribution in [2.24, 2.45) is 0 Å². The van der Waals surface area contributed by atoms with Crippen molar-refractivity contribution in [1.82, 2.24) is 15.3 Å². The molecule has 6 heteroatoms. The first-order valence-corrected chi connectivity index (χ1v) is 8.24. The SMILES string of the molecule is Cc1cc(C)nc(SCC(=O)NCCc2cccs2)n1. The van der Waals surface area contributed by atoms with Gasteiger partial charge in [-0.05, 0) is 37.8 Å². The van der Waals surface area contributed by atoms with Crippen LogP contribution in [0.15, 0.2) is 28.7 Å². The van der Waals surface area contributed by atoms with Gasteiger partial charge in [-0.25, -0.2) is 9.97 Å². The topological polar surface area (TPSA) is 54.9 Å². The largest absolute Gasteiger partial charge is 0.355 e. The summed E-state index contributed by atoms with van der Waals surface area (Å²) in [5.74, 6) is 0.377. The molecular weight excluding hydrogens is 290 g/mol. The van der Waals surface area contributed by atoms with Crippen LogP contribution in [0.1, 0.15) is 16.3 Å². The molecule has 2 aromatic rings. The molecule has 2 heterocycles. The molecule has 0 atom stereocenters. The molecule has 1 amide bonds. The number of thioether (sulfide) groups is 1. The van der Waals surface area contributed by atoms with Crippen molar-refractivity contribution in [3.05, 3.63) is 39.8 Å². The molecule has 20 heavy (non-hydrogen) atoms. The minimum Gasteiger partial charge on any atom is -0.355 e. The molecule has 4 nitrogen and oxygen atoms in total. The van der Waals surface area contributed by atoms with Crippen LogP contribution in [0.2, 0.25) is 0 Å². The molecule has 106 valence electrons. The van der Waals surface area contributed by atoms with Crippen molar-refractivity contribution in [2.45, 2.75) is 25.4 Å². The molecule has 0 radical (unpaired) electrons. The Balaban J connectivity index is 1.72. The van der Waals surface area contributed by atoms with E-state index in [1.807, 2.05) is 31.4 Å². The average molecular weight is 307 g/mol. The lowest BCUT2D eigenvalue weighted by molar-refractivity contribution is -0.118. The first kappa shape index (κ1) is 15.0. The van der Waals surface area contributed by atoms with E-state index in [0.717, 1.165) is 17.8 Å². The smallest absolute Gasteiger partial charge is 0.230 e. The van der Waals surface area contributed by atoms with Gasteiger partial charge in [0.2, 0.25) is 5.91 Å². The van der Waals surface area contributed by atoms with Gasteiger partial charge in [0, 0.05) is 22.8 Å². The minimum atomic E-state index is 0.0225. The fourth-order valence-electron chi connectivity index (χ4n) is 1.72. The van der Waals surface area contributed by atoms with Crippen LogP contribution in [-0.2, 0) is 11.2 Å². The highest BCUT2D eigenvalue weighted by Crippen LogP contribution is 2.13. The summed E-state index contributed by atoms with van der Waals surface area (Å²) in [6.45, 7) is 4.54. The zero-order chi connectivity index (χ0) is 14.4. The highest BCUT2D eigenvalue weighted by atomic mass is 32.2. The number of thiophene rings is 1. The molecule has 0 saturated carbocycles. The van der Waals surface area contributed by atoms with Crippen molar-refractivity contribution >= 4 is 29.0 Å². The third kappa shape index (κ3) is 4.94. The molecule has 0 aromatic carbocycles. The van der Waals surface area contributed by atoms with E-state index in [1.165, 1.54) is 16.6 Å². The molecule has 0 aliphatic carbocycles. The third-order valence-electron chi connectivity index (χ3n) is 2.57. The summed E-state index contributed by atoms with van der Waals surface area (Å²) < 4.78 is 0. The van der Waals surface area contributed by atoms with E-state index in [1.54, 1.807) is 11.3 Å². The lowest BCUT2D eigenvalue weighted by Gasteiger charge is -2.04. The predicted octanol–water partition coefficient (Wildman–Crippen LogP) is 2.61. The summed E-state index contributed by atoms with van der Waals surface area (Å²) in [6.07, 6.45) is 0.883. The molecule has 2 rings (SSSR count). The Morgan fingerprint density at radius 1 is 1.35 bits per heavy atom. The summed E-state index contributed by atoms with van der Waals surface area (Å²) in [5.41, 5.74) is 1.86. The molecule has 0 spiro atoms. The number of amides is 1. The maximum atomic E-state index is 11.7. The highest BCUT2D eigenvalue weighted by molar-refractivity contribution is 7.99. The van der Waals surface area contributed by atoms with E-state index >= 15 is 0 Å². The van der Waals surface area contributed by atoms with Gasteiger partial charge in [-0.15, -0.1) is 11.3 Å². The Morgan fingerprint density at radius 2 is 2.10 bits per heavy atom. The van der Waals surface area contributed by atoms with Gasteiger partial charge in [0.05, 0.1) is 5.75 Å². The summed E-state index contributed by atoms with van der Waals surface area (Å²) in [7, 11) is 0. The molecule has 0 unspecified atom stereocenters. The Bertz CT molecular complexity index is 550. The number of nitrogens with zero attached hydrogens (tertiary/aromatic N) is 2. The minimum absolute atomic E-state index is 0.0225. The van der Waals surface area contributed by atoms with Crippen molar-refractivity contribution in [2.75, 3.05) is 12.3 Å². The zero-order valence-electron chi connectivity index (χ0n) is 11.5. The first-order valence-electron chi connectivity index (χ1n) is 6.37. The fourth-order valence-corrected chi connectivity index (χ4v) is 3.21. The highest BCUT2D eigenvalue weighted by Gasteiger charge is 2.06. The molecule has 2 aromatic heterocycles. The van der Waals surface area contributed by atoms with Gasteiger partial charge < -0.3 is 5.32 Å². The average Bonchev–Trinajstić information content (AvgIpc) is 2.88. The summed E-state index contributed by atoms with van der Waals surface area (Å²) in [5, 5.41) is 5.62. The summed E-state index contributed by atoms with van der Waals surface area (Å²) >= 11 is 3.08. The predicted molar refractivity (Wildman–Crippen MR) is 83.3 cm³/mol. The Hall–Kier alpha value is -1.40. The van der Waals surface area contributed by atoms with E-state index < -0.39 is 0 Å². The van der Waals surface area contributed by atoms with Gasteiger partial charge in [0.25, 0.3) is 0 Å². The van der Waals surface area contributed by atoms with E-state index in [-0.39, 0.29) is 5.91 Å². The second kappa shape index (κ2) is 7.40. The van der Waals surface area contributed by atoms with Gasteiger partial charge in [-0.1, -0.05) is 17.8 Å². The van der Waals surface area contributed by atoms with E-state index in [4.69, 9.17) is 0 Å². The number of hydrogen-bond acceptors (Lipinski definition) is 5. The van der Waals surface area contributed by atoms with Crippen LogP contribution in [0.3, 0.4) is 0 Å². The Kier molecular flexibility index (Phi) is 5.55. The Labute approximate surface area is 127 Å². The maximum absolute atomic E-state index is 11.7. The van der Waals surface area contributed by atoms with Gasteiger partial charge >= 0.3 is 0 Å². The van der Waals surface area contributed by atoms with Crippen molar-refractivity contribution in [3.8, 4) is 0 Å². The third-order valence-corrected chi connectivity index (χ3v) is 4.35. The van der Waals surface area contributed by atoms with Crippen LogP contribution in [0.5, 0.6) is 0 Å². The molecule has 0 fully saturated rings. The van der Waals surface area contributed by atoms with Crippen LogP contribution in [-0.4, -0.2) is 28.2 Å². The van der Waals surface area contributed by atoms with Gasteiger partial charge in [-0.3, -0.25) is 4.79 Å². The van der Waals surface area contributed by atoms with Crippen LogP contribution in [0, 0.1) is 13.8 Å². The standard InChI is InChI=1S/C14H17N3OS2/c1-10-8-11(2)17-14(16-10)20-9-13(18)15-6-5-12-4-3-7-19-12/h3-4,7-8H,5-6,9H2,1-2H3,(H,15,18). The zero-order valence-corrected chi connectivity index (χ0v) is 13.2. The number of rotatable bonds is 6. The van der Waals surface area contributed by atoms with Crippen LogP contribution in [0.4, 0.5) is 0 Å². The number of aromatic nitrogens is 2. The van der Waals surface area contributed by atoms with Crippen LogP contribution >= 0.6 is 23.1 Å². The number of carbonyl (C=O) groups excluding carboxylic acids is 1. The Morgan fingerprint density at radius 3 is 2.75 bits per heavy atom. The summed E-state index contributed by atoms with van der Waals surface area (Å²) in [4.78, 5) is 21.6. The molecular formula is C14H17N3OS2. The number of aryl methyl sites for hydroxylation is 2. The first-order chi connectivity index (χ1) is 9.63. The molecule has 0 aliphatic rings. The normalized spacial score (nSPS) is 10.5. The summed E-state index contributed by atoms with van der Waals surface area (Å²) in [6, 6.07) is 6.02. The van der Waals surface area contributed by atoms with Crippen molar-refractivity contribution in [3.63, 3.8) is 0 Å². The molecule has 0 saturated heterocycles. The maximum Gasteiger partial charge on any atom is 0.230 e. The lowest BCUT2D eigenvalue weighted by Crippen LogP contribution is -2.27. The monoisotopic (exact) mass is 307 g/mol.